The minimum Gasteiger partial charge on any atom is -0.342 e. The zero-order valence-electron chi connectivity index (χ0n) is 14.1. The van der Waals surface area contributed by atoms with Crippen LogP contribution in [0.2, 0.25) is 0 Å². The van der Waals surface area contributed by atoms with Crippen molar-refractivity contribution in [3.8, 4) is 0 Å². The van der Waals surface area contributed by atoms with E-state index in [2.05, 4.69) is 54.7 Å². The fourth-order valence-corrected chi connectivity index (χ4v) is 3.50. The van der Waals surface area contributed by atoms with Crippen molar-refractivity contribution >= 4 is 16.7 Å². The molecule has 0 bridgehead atoms. The first-order chi connectivity index (χ1) is 11.2. The van der Waals surface area contributed by atoms with E-state index in [1.807, 2.05) is 11.8 Å². The van der Waals surface area contributed by atoms with Crippen LogP contribution >= 0.6 is 0 Å². The molecule has 1 aliphatic rings. The Bertz CT molecular complexity index is 682. The van der Waals surface area contributed by atoms with Crippen molar-refractivity contribution in [2.75, 3.05) is 13.1 Å². The van der Waals surface area contributed by atoms with Gasteiger partial charge in [0.15, 0.2) is 0 Å². The van der Waals surface area contributed by atoms with E-state index >= 15 is 0 Å². The second kappa shape index (κ2) is 7.14. The number of likely N-dealkylation sites (tertiary alicyclic amines) is 1. The molecule has 0 radical (unpaired) electrons. The molecule has 0 spiro atoms. The second-order valence-corrected chi connectivity index (χ2v) is 6.63. The molecule has 0 saturated carbocycles. The standard InChI is InChI=1S/C20H26N2O/c1-3-20(23)22-11-10-19(15(2)14-22)21-13-16-8-9-17-6-4-5-7-18(17)12-16/h4-9,12,15,19,21H,3,10-11,13-14H2,1-2H3/t15-,19+/m1/s1. The SMILES string of the molecule is CCC(=O)N1CC[C@H](NCc2ccc3ccccc3c2)[C@H](C)C1. The summed E-state index contributed by atoms with van der Waals surface area (Å²) in [4.78, 5) is 13.8. The molecule has 1 N–H and O–H groups in total. The summed E-state index contributed by atoms with van der Waals surface area (Å²) in [6, 6.07) is 15.6. The number of fused-ring (bicyclic) bond motifs is 1. The van der Waals surface area contributed by atoms with Crippen molar-refractivity contribution in [2.45, 2.75) is 39.3 Å². The quantitative estimate of drug-likeness (QED) is 0.936. The number of carbonyl (C=O) groups is 1. The maximum absolute atomic E-state index is 11.8. The monoisotopic (exact) mass is 310 g/mol. The van der Waals surface area contributed by atoms with Crippen LogP contribution in [0.1, 0.15) is 32.3 Å². The van der Waals surface area contributed by atoms with Crippen LogP contribution in [-0.4, -0.2) is 29.9 Å². The van der Waals surface area contributed by atoms with E-state index in [-0.39, 0.29) is 5.91 Å². The van der Waals surface area contributed by atoms with Crippen molar-refractivity contribution in [3.05, 3.63) is 48.0 Å². The van der Waals surface area contributed by atoms with Gasteiger partial charge in [0.05, 0.1) is 0 Å². The first-order valence-electron chi connectivity index (χ1n) is 8.66. The van der Waals surface area contributed by atoms with Crippen LogP contribution in [-0.2, 0) is 11.3 Å². The third kappa shape index (κ3) is 3.73. The molecule has 2 aromatic carbocycles. The topological polar surface area (TPSA) is 32.3 Å². The van der Waals surface area contributed by atoms with Crippen molar-refractivity contribution < 1.29 is 4.79 Å². The lowest BCUT2D eigenvalue weighted by Crippen LogP contribution is -2.49. The Hall–Kier alpha value is -1.87. The second-order valence-electron chi connectivity index (χ2n) is 6.63. The normalized spacial score (nSPS) is 21.6. The first kappa shape index (κ1) is 16.0. The highest BCUT2D eigenvalue weighted by atomic mass is 16.2. The van der Waals surface area contributed by atoms with Crippen molar-refractivity contribution in [1.82, 2.24) is 10.2 Å². The molecule has 1 fully saturated rings. The molecule has 3 rings (SSSR count). The summed E-state index contributed by atoms with van der Waals surface area (Å²) in [5.41, 5.74) is 1.32. The van der Waals surface area contributed by atoms with Crippen LogP contribution in [0.4, 0.5) is 0 Å². The molecule has 23 heavy (non-hydrogen) atoms. The summed E-state index contributed by atoms with van der Waals surface area (Å²) in [7, 11) is 0. The highest BCUT2D eigenvalue weighted by molar-refractivity contribution is 5.83. The van der Waals surface area contributed by atoms with Crippen LogP contribution < -0.4 is 5.32 Å². The van der Waals surface area contributed by atoms with Crippen molar-refractivity contribution in [1.29, 1.82) is 0 Å². The van der Waals surface area contributed by atoms with Crippen molar-refractivity contribution in [2.24, 2.45) is 5.92 Å². The number of carbonyl (C=O) groups excluding carboxylic acids is 1. The number of hydrogen-bond donors (Lipinski definition) is 1. The lowest BCUT2D eigenvalue weighted by molar-refractivity contribution is -0.132. The number of rotatable bonds is 4. The maximum Gasteiger partial charge on any atom is 0.222 e. The van der Waals surface area contributed by atoms with E-state index in [0.717, 1.165) is 26.1 Å². The summed E-state index contributed by atoms with van der Waals surface area (Å²) >= 11 is 0. The van der Waals surface area contributed by atoms with E-state index in [1.165, 1.54) is 16.3 Å². The Balaban J connectivity index is 1.58. The zero-order valence-corrected chi connectivity index (χ0v) is 14.1. The number of hydrogen-bond acceptors (Lipinski definition) is 2. The minimum atomic E-state index is 0.282. The molecule has 3 nitrogen and oxygen atoms in total. The summed E-state index contributed by atoms with van der Waals surface area (Å²) in [5.74, 6) is 0.782. The van der Waals surface area contributed by atoms with E-state index in [9.17, 15) is 4.79 Å². The number of benzene rings is 2. The molecule has 3 heteroatoms. The van der Waals surface area contributed by atoms with Gasteiger partial charge >= 0.3 is 0 Å². The van der Waals surface area contributed by atoms with Gasteiger partial charge in [-0.2, -0.15) is 0 Å². The largest absolute Gasteiger partial charge is 0.342 e. The molecule has 1 aliphatic heterocycles. The number of nitrogens with one attached hydrogen (secondary N) is 1. The molecule has 1 heterocycles. The van der Waals surface area contributed by atoms with Crippen LogP contribution in [0.3, 0.4) is 0 Å². The van der Waals surface area contributed by atoms with Crippen LogP contribution in [0, 0.1) is 5.92 Å². The highest BCUT2D eigenvalue weighted by Crippen LogP contribution is 2.19. The predicted molar refractivity (Wildman–Crippen MR) is 95.2 cm³/mol. The Morgan fingerprint density at radius 3 is 2.74 bits per heavy atom. The molecule has 0 aliphatic carbocycles. The Morgan fingerprint density at radius 1 is 1.22 bits per heavy atom. The van der Waals surface area contributed by atoms with Gasteiger partial charge in [-0.3, -0.25) is 4.79 Å². The van der Waals surface area contributed by atoms with Gasteiger partial charge in [-0.25, -0.2) is 0 Å². The molecular formula is C20H26N2O. The minimum absolute atomic E-state index is 0.282. The highest BCUT2D eigenvalue weighted by Gasteiger charge is 2.27. The molecule has 0 unspecified atom stereocenters. The summed E-state index contributed by atoms with van der Waals surface area (Å²) in [6.45, 7) is 6.83. The molecule has 2 atom stereocenters. The Kier molecular flexibility index (Phi) is 4.97. The third-order valence-electron chi connectivity index (χ3n) is 4.94. The van der Waals surface area contributed by atoms with E-state index in [0.29, 0.717) is 18.4 Å². The summed E-state index contributed by atoms with van der Waals surface area (Å²) < 4.78 is 0. The summed E-state index contributed by atoms with van der Waals surface area (Å²) in [5, 5.41) is 6.27. The van der Waals surface area contributed by atoms with E-state index in [4.69, 9.17) is 0 Å². The van der Waals surface area contributed by atoms with Gasteiger partial charge < -0.3 is 10.2 Å². The number of piperidine rings is 1. The van der Waals surface area contributed by atoms with Gasteiger partial charge in [0.25, 0.3) is 0 Å². The number of amides is 1. The molecule has 2 aromatic rings. The van der Waals surface area contributed by atoms with E-state index in [1.54, 1.807) is 0 Å². The van der Waals surface area contributed by atoms with Gasteiger partial charge in [0, 0.05) is 32.1 Å². The lowest BCUT2D eigenvalue weighted by atomic mass is 9.93. The molecular weight excluding hydrogens is 284 g/mol. The van der Waals surface area contributed by atoms with Crippen LogP contribution in [0.25, 0.3) is 10.8 Å². The van der Waals surface area contributed by atoms with Crippen LogP contribution in [0.15, 0.2) is 42.5 Å². The molecule has 1 saturated heterocycles. The number of nitrogens with zero attached hydrogens (tertiary/aromatic N) is 1. The smallest absolute Gasteiger partial charge is 0.222 e. The third-order valence-corrected chi connectivity index (χ3v) is 4.94. The van der Waals surface area contributed by atoms with Gasteiger partial charge in [-0.15, -0.1) is 0 Å². The Morgan fingerprint density at radius 2 is 2.00 bits per heavy atom. The van der Waals surface area contributed by atoms with Gasteiger partial charge in [0.1, 0.15) is 0 Å². The zero-order chi connectivity index (χ0) is 16.2. The first-order valence-corrected chi connectivity index (χ1v) is 8.66. The molecule has 1 amide bonds. The van der Waals surface area contributed by atoms with Gasteiger partial charge in [0.2, 0.25) is 5.91 Å². The maximum atomic E-state index is 11.8. The predicted octanol–water partition coefficient (Wildman–Crippen LogP) is 3.58. The molecule has 122 valence electrons. The fourth-order valence-electron chi connectivity index (χ4n) is 3.50. The van der Waals surface area contributed by atoms with Crippen LogP contribution in [0.5, 0.6) is 0 Å². The average molecular weight is 310 g/mol. The van der Waals surface area contributed by atoms with Gasteiger partial charge in [-0.1, -0.05) is 50.2 Å². The van der Waals surface area contributed by atoms with E-state index < -0.39 is 0 Å². The fraction of sp³-hybridized carbons (Fsp3) is 0.450. The molecule has 0 aromatic heterocycles. The Labute approximate surface area is 138 Å². The van der Waals surface area contributed by atoms with Gasteiger partial charge in [-0.05, 0) is 34.7 Å². The lowest BCUT2D eigenvalue weighted by Gasteiger charge is -2.37. The summed E-state index contributed by atoms with van der Waals surface area (Å²) in [6.07, 6.45) is 1.66. The van der Waals surface area contributed by atoms with Crippen molar-refractivity contribution in [3.63, 3.8) is 0 Å². The average Bonchev–Trinajstić information content (AvgIpc) is 2.59.